The highest BCUT2D eigenvalue weighted by atomic mass is 16.2. The predicted molar refractivity (Wildman–Crippen MR) is 177 cm³/mol. The molecule has 3 aliphatic rings. The summed E-state index contributed by atoms with van der Waals surface area (Å²) in [6.45, 7) is 4.18. The lowest BCUT2D eigenvalue weighted by Crippen LogP contribution is -2.58. The molecule has 2 saturated heterocycles. The second-order valence-electron chi connectivity index (χ2n) is 13.2. The van der Waals surface area contributed by atoms with Gasteiger partial charge in [-0.1, -0.05) is 42.7 Å². The number of aryl methyl sites for hydroxylation is 1. The third kappa shape index (κ3) is 8.99. The number of primary amides is 1. The summed E-state index contributed by atoms with van der Waals surface area (Å²) in [5, 5.41) is 5.38. The maximum Gasteiger partial charge on any atom is 0.246 e. The molecule has 1 saturated carbocycles. The highest BCUT2D eigenvalue weighted by molar-refractivity contribution is 5.96. The second-order valence-corrected chi connectivity index (χ2v) is 13.2. The zero-order chi connectivity index (χ0) is 34.2. The smallest absolute Gasteiger partial charge is 0.246 e. The Morgan fingerprint density at radius 3 is 2.45 bits per heavy atom. The Morgan fingerprint density at radius 1 is 1.00 bits per heavy atom. The number of nitrogens with zero attached hydrogens (tertiary/aromatic N) is 3. The second kappa shape index (κ2) is 16.1. The van der Waals surface area contributed by atoms with Crippen LogP contribution in [0.1, 0.15) is 75.8 Å². The third-order valence-electron chi connectivity index (χ3n) is 9.69. The number of amides is 5. The minimum atomic E-state index is -0.983. The van der Waals surface area contributed by atoms with E-state index in [4.69, 9.17) is 22.9 Å². The van der Waals surface area contributed by atoms with Crippen LogP contribution < -0.4 is 33.6 Å². The van der Waals surface area contributed by atoms with Gasteiger partial charge in [0.1, 0.15) is 24.2 Å². The van der Waals surface area contributed by atoms with Crippen molar-refractivity contribution in [2.75, 3.05) is 13.1 Å². The maximum absolute atomic E-state index is 14.2. The summed E-state index contributed by atoms with van der Waals surface area (Å²) in [4.78, 5) is 73.8. The highest BCUT2D eigenvalue weighted by Crippen LogP contribution is 2.41. The molecule has 0 bridgehead atoms. The predicted octanol–water partition coefficient (Wildman–Crippen LogP) is -0.456. The molecule has 1 aromatic rings. The number of rotatable bonds is 13. The summed E-state index contributed by atoms with van der Waals surface area (Å²) >= 11 is 0. The van der Waals surface area contributed by atoms with E-state index >= 15 is 0 Å². The van der Waals surface area contributed by atoms with Crippen LogP contribution >= 0.6 is 0 Å². The largest absolute Gasteiger partial charge is 0.370 e. The number of nitrogens with one attached hydrogen (secondary N) is 2. The molecular weight excluding hydrogens is 602 g/mol. The maximum atomic E-state index is 14.2. The van der Waals surface area contributed by atoms with Gasteiger partial charge in [0.15, 0.2) is 5.96 Å². The van der Waals surface area contributed by atoms with Crippen LogP contribution in [0.2, 0.25) is 0 Å². The number of carbonyl (C=O) groups excluding carboxylic acids is 5. The van der Waals surface area contributed by atoms with Gasteiger partial charge in [-0.25, -0.2) is 0 Å². The van der Waals surface area contributed by atoms with Gasteiger partial charge < -0.3 is 43.4 Å². The molecule has 4 rings (SSSR count). The molecule has 14 nitrogen and oxygen atoms in total. The molecule has 47 heavy (non-hydrogen) atoms. The SMILES string of the molecule is Cc1cccc(C[C@H](NC(=O)[C@@H](C)NC(=O)[C@@H]2CCCN2C(=O)[C@@H]2C[C@@H]3CCCC[C@@H]3N2C(=O)[C@H](N)CCCN=C(N)N)C(N)=O)c1. The zero-order valence-electron chi connectivity index (χ0n) is 27.5. The molecule has 10 N–H and O–H groups in total. The molecule has 258 valence electrons. The monoisotopic (exact) mass is 653 g/mol. The summed E-state index contributed by atoms with van der Waals surface area (Å²) in [5.74, 6) is -2.05. The number of likely N-dealkylation sites (tertiary alicyclic amines) is 2. The van der Waals surface area contributed by atoms with Crippen LogP contribution in [0.4, 0.5) is 0 Å². The third-order valence-corrected chi connectivity index (χ3v) is 9.69. The van der Waals surface area contributed by atoms with E-state index in [2.05, 4.69) is 15.6 Å². The Labute approximate surface area is 276 Å². The van der Waals surface area contributed by atoms with Gasteiger partial charge in [-0.15, -0.1) is 0 Å². The summed E-state index contributed by atoms with van der Waals surface area (Å²) in [6, 6.07) is 3.26. The first kappa shape index (κ1) is 35.7. The van der Waals surface area contributed by atoms with Crippen molar-refractivity contribution in [1.82, 2.24) is 20.4 Å². The van der Waals surface area contributed by atoms with Crippen molar-refractivity contribution in [3.8, 4) is 0 Å². The zero-order valence-corrected chi connectivity index (χ0v) is 27.5. The van der Waals surface area contributed by atoms with Crippen molar-refractivity contribution in [3.05, 3.63) is 35.4 Å². The van der Waals surface area contributed by atoms with Gasteiger partial charge >= 0.3 is 0 Å². The van der Waals surface area contributed by atoms with Gasteiger partial charge in [-0.2, -0.15) is 0 Å². The van der Waals surface area contributed by atoms with Crippen molar-refractivity contribution in [2.45, 2.75) is 114 Å². The number of guanidine groups is 1. The van der Waals surface area contributed by atoms with Crippen molar-refractivity contribution >= 4 is 35.5 Å². The first-order valence-corrected chi connectivity index (χ1v) is 16.8. The van der Waals surface area contributed by atoms with Crippen LogP contribution in [0.3, 0.4) is 0 Å². The number of fused-ring (bicyclic) bond motifs is 1. The molecule has 0 unspecified atom stereocenters. The molecule has 14 heteroatoms. The van der Waals surface area contributed by atoms with Crippen LogP contribution in [-0.2, 0) is 30.4 Å². The van der Waals surface area contributed by atoms with Crippen LogP contribution in [-0.4, -0.2) is 94.6 Å². The molecule has 2 aliphatic heterocycles. The minimum absolute atomic E-state index is 0.0210. The fourth-order valence-electron chi connectivity index (χ4n) is 7.30. The fourth-order valence-corrected chi connectivity index (χ4v) is 7.30. The number of nitrogens with two attached hydrogens (primary N) is 4. The number of aliphatic imine (C=N–C) groups is 1. The van der Waals surface area contributed by atoms with E-state index in [1.807, 2.05) is 31.2 Å². The minimum Gasteiger partial charge on any atom is -0.370 e. The quantitative estimate of drug-likeness (QED) is 0.0924. The van der Waals surface area contributed by atoms with E-state index in [0.717, 1.165) is 36.8 Å². The van der Waals surface area contributed by atoms with E-state index in [1.54, 1.807) is 9.80 Å². The standard InChI is InChI=1S/C33H51N9O5/c1-19-8-5-9-21(16-19)17-24(28(35)43)40-29(44)20(2)39-30(45)26-13-7-15-41(26)32(47)27-18-22-10-3-4-12-25(22)42(27)31(46)23(34)11-6-14-38-33(36)37/h5,8-9,16,20,22-27H,3-4,6-7,10-15,17-18,34H2,1-2H3,(H2,35,43)(H,39,45)(H,40,44)(H4,36,37,38)/t20-,22+,23-,24+,25+,26+,27+/m1/s1. The Bertz CT molecular complexity index is 1350. The molecule has 0 spiro atoms. The van der Waals surface area contributed by atoms with Crippen LogP contribution in [0.5, 0.6) is 0 Å². The first-order chi connectivity index (χ1) is 22.4. The van der Waals surface area contributed by atoms with Gasteiger partial charge in [0.05, 0.1) is 6.04 Å². The summed E-state index contributed by atoms with van der Waals surface area (Å²) < 4.78 is 0. The van der Waals surface area contributed by atoms with Gasteiger partial charge in [-0.3, -0.25) is 29.0 Å². The normalized spacial score (nSPS) is 24.1. The van der Waals surface area contributed by atoms with Crippen molar-refractivity contribution in [2.24, 2.45) is 33.8 Å². The molecule has 0 radical (unpaired) electrons. The van der Waals surface area contributed by atoms with E-state index in [-0.39, 0.29) is 36.2 Å². The molecule has 5 amide bonds. The molecule has 3 fully saturated rings. The van der Waals surface area contributed by atoms with Crippen molar-refractivity contribution < 1.29 is 24.0 Å². The topological polar surface area (TPSA) is 232 Å². The molecule has 2 heterocycles. The Kier molecular flexibility index (Phi) is 12.2. The van der Waals surface area contributed by atoms with Crippen molar-refractivity contribution in [1.29, 1.82) is 0 Å². The Morgan fingerprint density at radius 2 is 1.74 bits per heavy atom. The number of hydrogen-bond acceptors (Lipinski definition) is 7. The van der Waals surface area contributed by atoms with E-state index in [1.165, 1.54) is 6.92 Å². The van der Waals surface area contributed by atoms with E-state index in [0.29, 0.717) is 45.2 Å². The molecule has 1 aliphatic carbocycles. The van der Waals surface area contributed by atoms with Gasteiger partial charge in [0.25, 0.3) is 0 Å². The van der Waals surface area contributed by atoms with Crippen LogP contribution in [0, 0.1) is 12.8 Å². The van der Waals surface area contributed by atoms with Crippen LogP contribution in [0.15, 0.2) is 29.3 Å². The molecular formula is C33H51N9O5. The number of carbonyl (C=O) groups is 5. The summed E-state index contributed by atoms with van der Waals surface area (Å²) in [5.41, 5.74) is 24.6. The van der Waals surface area contributed by atoms with Gasteiger partial charge in [0.2, 0.25) is 29.5 Å². The Hall–Kier alpha value is -4.20. The lowest BCUT2D eigenvalue weighted by Gasteiger charge is -2.37. The molecule has 7 atom stereocenters. The lowest BCUT2D eigenvalue weighted by atomic mass is 9.84. The molecule has 1 aromatic carbocycles. The highest BCUT2D eigenvalue weighted by Gasteiger charge is 2.51. The van der Waals surface area contributed by atoms with Crippen molar-refractivity contribution in [3.63, 3.8) is 0 Å². The number of hydrogen-bond donors (Lipinski definition) is 6. The Balaban J connectivity index is 1.40. The fraction of sp³-hybridized carbons (Fsp3) is 0.636. The summed E-state index contributed by atoms with van der Waals surface area (Å²) in [7, 11) is 0. The van der Waals surface area contributed by atoms with Gasteiger partial charge in [-0.05, 0) is 70.3 Å². The number of benzene rings is 1. The van der Waals surface area contributed by atoms with Gasteiger partial charge in [0, 0.05) is 25.6 Å². The van der Waals surface area contributed by atoms with Crippen LogP contribution in [0.25, 0.3) is 0 Å². The lowest BCUT2D eigenvalue weighted by molar-refractivity contribution is -0.149. The summed E-state index contributed by atoms with van der Waals surface area (Å²) in [6.07, 6.45) is 6.47. The average Bonchev–Trinajstić information content (AvgIpc) is 3.67. The van der Waals surface area contributed by atoms with E-state index < -0.39 is 47.9 Å². The van der Waals surface area contributed by atoms with E-state index in [9.17, 15) is 24.0 Å². The average molecular weight is 654 g/mol. The first-order valence-electron chi connectivity index (χ1n) is 16.8. The molecule has 0 aromatic heterocycles.